The van der Waals surface area contributed by atoms with Crippen molar-refractivity contribution in [1.82, 2.24) is 0 Å². The van der Waals surface area contributed by atoms with Crippen LogP contribution in [0.5, 0.6) is 0 Å². The first-order valence-corrected chi connectivity index (χ1v) is 6.01. The predicted octanol–water partition coefficient (Wildman–Crippen LogP) is 3.37. The van der Waals surface area contributed by atoms with Crippen molar-refractivity contribution in [2.45, 2.75) is 26.7 Å². The molecule has 0 unspecified atom stereocenters. The molecule has 1 aromatic heterocycles. The standard InChI is InChI=1S/C12H16ClNO2/c1-8-3-5-14(6-4-8)12-10(13)7-11(16-12)9(2)15/h7-8H,3-6H2,1-2H3. The molecule has 1 fully saturated rings. The lowest BCUT2D eigenvalue weighted by Gasteiger charge is -2.30. The molecule has 1 saturated heterocycles. The molecule has 0 amide bonds. The van der Waals surface area contributed by atoms with Gasteiger partial charge in [-0.15, -0.1) is 0 Å². The van der Waals surface area contributed by atoms with Crippen LogP contribution in [-0.2, 0) is 0 Å². The molecule has 0 spiro atoms. The minimum atomic E-state index is -0.0847. The first kappa shape index (κ1) is 11.5. The Morgan fingerprint density at radius 1 is 1.50 bits per heavy atom. The zero-order valence-corrected chi connectivity index (χ0v) is 10.4. The van der Waals surface area contributed by atoms with Crippen molar-refractivity contribution in [3.05, 3.63) is 16.8 Å². The molecule has 88 valence electrons. The van der Waals surface area contributed by atoms with Crippen LogP contribution >= 0.6 is 11.6 Å². The SMILES string of the molecule is CC(=O)c1cc(Cl)c(N2CCC(C)CC2)o1. The minimum Gasteiger partial charge on any atom is -0.436 e. The van der Waals surface area contributed by atoms with Gasteiger partial charge in [0.1, 0.15) is 5.02 Å². The molecule has 3 nitrogen and oxygen atoms in total. The quantitative estimate of drug-likeness (QED) is 0.745. The minimum absolute atomic E-state index is 0.0847. The molecule has 4 heteroatoms. The van der Waals surface area contributed by atoms with Crippen LogP contribution in [0.2, 0.25) is 5.02 Å². The van der Waals surface area contributed by atoms with Crippen LogP contribution in [0.25, 0.3) is 0 Å². The fourth-order valence-corrected chi connectivity index (χ4v) is 2.22. The van der Waals surface area contributed by atoms with Crippen LogP contribution in [0.3, 0.4) is 0 Å². The second kappa shape index (κ2) is 4.50. The molecule has 1 aliphatic heterocycles. The van der Waals surface area contributed by atoms with Crippen LogP contribution in [0.1, 0.15) is 37.2 Å². The van der Waals surface area contributed by atoms with E-state index in [1.807, 2.05) is 0 Å². The van der Waals surface area contributed by atoms with Gasteiger partial charge in [-0.3, -0.25) is 4.79 Å². The molecule has 2 heterocycles. The summed E-state index contributed by atoms with van der Waals surface area (Å²) in [6, 6.07) is 1.61. The van der Waals surface area contributed by atoms with Gasteiger partial charge in [-0.1, -0.05) is 18.5 Å². The maximum absolute atomic E-state index is 11.2. The summed E-state index contributed by atoms with van der Waals surface area (Å²) in [7, 11) is 0. The summed E-state index contributed by atoms with van der Waals surface area (Å²) in [5, 5.41) is 0.541. The van der Waals surface area contributed by atoms with E-state index in [0.717, 1.165) is 31.8 Å². The van der Waals surface area contributed by atoms with Crippen molar-refractivity contribution < 1.29 is 9.21 Å². The number of Topliss-reactive ketones (excluding diaryl/α,β-unsaturated/α-hetero) is 1. The Labute approximate surface area is 100 Å². The van der Waals surface area contributed by atoms with Gasteiger partial charge in [0.05, 0.1) is 0 Å². The highest BCUT2D eigenvalue weighted by Crippen LogP contribution is 2.32. The predicted molar refractivity (Wildman–Crippen MR) is 64.3 cm³/mol. The molecule has 0 N–H and O–H groups in total. The Morgan fingerprint density at radius 3 is 2.62 bits per heavy atom. The topological polar surface area (TPSA) is 33.5 Å². The highest BCUT2D eigenvalue weighted by Gasteiger charge is 2.22. The van der Waals surface area contributed by atoms with E-state index in [0.29, 0.717) is 16.7 Å². The number of halogens is 1. The van der Waals surface area contributed by atoms with Crippen LogP contribution in [0, 0.1) is 5.92 Å². The lowest BCUT2D eigenvalue weighted by atomic mass is 9.99. The summed E-state index contributed by atoms with van der Waals surface area (Å²) >= 11 is 6.07. The Morgan fingerprint density at radius 2 is 2.12 bits per heavy atom. The summed E-state index contributed by atoms with van der Waals surface area (Å²) < 4.78 is 5.50. The summed E-state index contributed by atoms with van der Waals surface area (Å²) in [5.74, 6) is 1.67. The third-order valence-corrected chi connectivity index (χ3v) is 3.36. The molecule has 0 radical (unpaired) electrons. The summed E-state index contributed by atoms with van der Waals surface area (Å²) in [6.45, 7) is 5.64. The van der Waals surface area contributed by atoms with Gasteiger partial charge in [-0.2, -0.15) is 0 Å². The van der Waals surface area contributed by atoms with Crippen molar-refractivity contribution in [2.75, 3.05) is 18.0 Å². The summed E-state index contributed by atoms with van der Waals surface area (Å²) in [6.07, 6.45) is 2.29. The molecule has 0 atom stereocenters. The number of rotatable bonds is 2. The van der Waals surface area contributed by atoms with Crippen molar-refractivity contribution in [2.24, 2.45) is 5.92 Å². The van der Waals surface area contributed by atoms with E-state index < -0.39 is 0 Å². The highest BCUT2D eigenvalue weighted by molar-refractivity contribution is 6.33. The van der Waals surface area contributed by atoms with Gasteiger partial charge in [0.15, 0.2) is 11.5 Å². The number of piperidine rings is 1. The normalized spacial score (nSPS) is 17.8. The number of carbonyl (C=O) groups excluding carboxylic acids is 1. The number of hydrogen-bond donors (Lipinski definition) is 0. The largest absolute Gasteiger partial charge is 0.436 e. The highest BCUT2D eigenvalue weighted by atomic mass is 35.5. The van der Waals surface area contributed by atoms with E-state index in [1.165, 1.54) is 6.92 Å². The number of nitrogens with zero attached hydrogens (tertiary/aromatic N) is 1. The smallest absolute Gasteiger partial charge is 0.215 e. The lowest BCUT2D eigenvalue weighted by Crippen LogP contribution is -2.32. The second-order valence-corrected chi connectivity index (χ2v) is 4.90. The van der Waals surface area contributed by atoms with Crippen LogP contribution < -0.4 is 4.90 Å². The third kappa shape index (κ3) is 2.24. The molecule has 1 aliphatic rings. The first-order chi connectivity index (χ1) is 7.58. The van der Waals surface area contributed by atoms with E-state index in [2.05, 4.69) is 11.8 Å². The Bertz CT molecular complexity index is 392. The number of furan rings is 1. The fourth-order valence-electron chi connectivity index (χ4n) is 1.96. The van der Waals surface area contributed by atoms with Gasteiger partial charge in [0, 0.05) is 26.1 Å². The van der Waals surface area contributed by atoms with Gasteiger partial charge in [-0.05, 0) is 18.8 Å². The molecule has 0 aromatic carbocycles. The second-order valence-electron chi connectivity index (χ2n) is 4.49. The number of hydrogen-bond acceptors (Lipinski definition) is 3. The molecule has 0 bridgehead atoms. The molecule has 0 aliphatic carbocycles. The number of carbonyl (C=O) groups is 1. The lowest BCUT2D eigenvalue weighted by molar-refractivity contribution is 0.0987. The Kier molecular flexibility index (Phi) is 3.24. The molecule has 0 saturated carbocycles. The average molecular weight is 242 g/mol. The molecular formula is C12H16ClNO2. The maximum Gasteiger partial charge on any atom is 0.215 e. The van der Waals surface area contributed by atoms with Crippen molar-refractivity contribution in [3.8, 4) is 0 Å². The van der Waals surface area contributed by atoms with Crippen molar-refractivity contribution >= 4 is 23.3 Å². The summed E-state index contributed by atoms with van der Waals surface area (Å²) in [5.41, 5.74) is 0. The fraction of sp³-hybridized carbons (Fsp3) is 0.583. The summed E-state index contributed by atoms with van der Waals surface area (Å²) in [4.78, 5) is 13.3. The van der Waals surface area contributed by atoms with Gasteiger partial charge in [0.25, 0.3) is 0 Å². The maximum atomic E-state index is 11.2. The van der Waals surface area contributed by atoms with Crippen molar-refractivity contribution in [1.29, 1.82) is 0 Å². The molecule has 16 heavy (non-hydrogen) atoms. The van der Waals surface area contributed by atoms with E-state index >= 15 is 0 Å². The zero-order chi connectivity index (χ0) is 11.7. The van der Waals surface area contributed by atoms with Gasteiger partial charge in [0.2, 0.25) is 5.88 Å². The van der Waals surface area contributed by atoms with Crippen molar-refractivity contribution in [3.63, 3.8) is 0 Å². The Hall–Kier alpha value is -0.960. The molecule has 2 rings (SSSR count). The molecular weight excluding hydrogens is 226 g/mol. The van der Waals surface area contributed by atoms with Crippen LogP contribution in [-0.4, -0.2) is 18.9 Å². The molecule has 1 aromatic rings. The van der Waals surface area contributed by atoms with Gasteiger partial charge in [-0.25, -0.2) is 0 Å². The Balaban J connectivity index is 2.17. The number of anilines is 1. The van der Waals surface area contributed by atoms with Crippen LogP contribution in [0.15, 0.2) is 10.5 Å². The monoisotopic (exact) mass is 241 g/mol. The van der Waals surface area contributed by atoms with Gasteiger partial charge < -0.3 is 9.32 Å². The van der Waals surface area contributed by atoms with Gasteiger partial charge >= 0.3 is 0 Å². The number of ketones is 1. The average Bonchev–Trinajstić information content (AvgIpc) is 2.62. The van der Waals surface area contributed by atoms with Crippen LogP contribution in [0.4, 0.5) is 5.88 Å². The van der Waals surface area contributed by atoms with E-state index in [-0.39, 0.29) is 5.78 Å². The first-order valence-electron chi connectivity index (χ1n) is 5.63. The zero-order valence-electron chi connectivity index (χ0n) is 9.62. The van der Waals surface area contributed by atoms with E-state index in [4.69, 9.17) is 16.0 Å². The third-order valence-electron chi connectivity index (χ3n) is 3.09. The van der Waals surface area contributed by atoms with E-state index in [1.54, 1.807) is 6.07 Å². The van der Waals surface area contributed by atoms with E-state index in [9.17, 15) is 4.79 Å².